The van der Waals surface area contributed by atoms with Crippen LogP contribution in [0.1, 0.15) is 15.7 Å². The van der Waals surface area contributed by atoms with Gasteiger partial charge in [0, 0.05) is 11.1 Å². The van der Waals surface area contributed by atoms with Crippen LogP contribution < -0.4 is 0 Å². The van der Waals surface area contributed by atoms with Crippen LogP contribution in [0, 0.1) is 12.1 Å². The van der Waals surface area contributed by atoms with Gasteiger partial charge in [-0.3, -0.25) is 0 Å². The molecule has 3 aromatic rings. The van der Waals surface area contributed by atoms with E-state index in [9.17, 15) is 5.21 Å². The average Bonchev–Trinajstić information content (AvgIpc) is 2.96. The third-order valence-corrected chi connectivity index (χ3v) is 4.42. The van der Waals surface area contributed by atoms with Crippen LogP contribution in [0.15, 0.2) is 34.8 Å². The minimum Gasteiger partial charge on any atom is -0.791 e. The first kappa shape index (κ1) is 11.3. The van der Waals surface area contributed by atoms with Crippen molar-refractivity contribution < 1.29 is 0 Å². The second-order valence-corrected chi connectivity index (χ2v) is 5.61. The molecule has 1 aromatic carbocycles. The van der Waals surface area contributed by atoms with Crippen molar-refractivity contribution in [2.24, 2.45) is 5.16 Å². The molecule has 0 aliphatic rings. The van der Waals surface area contributed by atoms with Gasteiger partial charge in [-0.1, -0.05) is 12.1 Å². The van der Waals surface area contributed by atoms with E-state index in [1.807, 2.05) is 36.6 Å². The van der Waals surface area contributed by atoms with E-state index in [0.717, 1.165) is 15.9 Å². The maximum absolute atomic E-state index is 11.0. The lowest BCUT2D eigenvalue weighted by Crippen LogP contribution is -2.01. The summed E-state index contributed by atoms with van der Waals surface area (Å²) in [6.07, 6.45) is 0. The summed E-state index contributed by atoms with van der Waals surface area (Å²) in [6.45, 7) is 1.89. The van der Waals surface area contributed by atoms with Crippen LogP contribution in [0.5, 0.6) is 0 Å². The Bertz CT molecular complexity index is 697. The van der Waals surface area contributed by atoms with E-state index >= 15 is 0 Å². The van der Waals surface area contributed by atoms with E-state index in [1.54, 1.807) is 0 Å². The van der Waals surface area contributed by atoms with Crippen LogP contribution in [0.3, 0.4) is 0 Å². The fourth-order valence-corrected chi connectivity index (χ4v) is 3.40. The van der Waals surface area contributed by atoms with Crippen LogP contribution in [-0.2, 0) is 0 Å². The molecule has 0 saturated heterocycles. The molecule has 3 rings (SSSR count). The van der Waals surface area contributed by atoms with Gasteiger partial charge in [0.15, 0.2) is 0 Å². The molecule has 0 radical (unpaired) electrons. The van der Waals surface area contributed by atoms with E-state index in [4.69, 9.17) is 0 Å². The summed E-state index contributed by atoms with van der Waals surface area (Å²) in [5, 5.41) is 17.3. The van der Waals surface area contributed by atoms with Crippen LogP contribution in [0.2, 0.25) is 0 Å². The number of thiazole rings is 2. The number of aromatic nitrogens is 2. The number of nitrogens with zero attached hydrogens (tertiary/aromatic N) is 3. The Kier molecular flexibility index (Phi) is 2.81. The Balaban J connectivity index is 2.12. The fraction of sp³-hybridized carbons (Fsp3) is 0.0833. The van der Waals surface area contributed by atoms with Gasteiger partial charge in [0.05, 0.1) is 10.2 Å². The second-order valence-electron chi connectivity index (χ2n) is 3.72. The normalized spacial score (nSPS) is 12.2. The van der Waals surface area contributed by atoms with Crippen molar-refractivity contribution in [2.75, 3.05) is 0 Å². The molecular formula is C12H8N3OS2-. The molecule has 18 heavy (non-hydrogen) atoms. The predicted octanol–water partition coefficient (Wildman–Crippen LogP) is 3.40. The Labute approximate surface area is 111 Å². The van der Waals surface area contributed by atoms with Crippen LogP contribution >= 0.6 is 22.7 Å². The highest BCUT2D eigenvalue weighted by Crippen LogP contribution is 2.25. The van der Waals surface area contributed by atoms with Crippen LogP contribution in [-0.4, -0.2) is 15.7 Å². The van der Waals surface area contributed by atoms with Crippen molar-refractivity contribution in [1.82, 2.24) is 9.97 Å². The quantitative estimate of drug-likeness (QED) is 0.531. The maximum atomic E-state index is 11.0. The molecule has 0 N–H and O–H groups in total. The summed E-state index contributed by atoms with van der Waals surface area (Å²) in [6, 6.07) is 7.77. The van der Waals surface area contributed by atoms with Crippen molar-refractivity contribution >= 4 is 38.6 Å². The molecule has 0 saturated carbocycles. The maximum Gasteiger partial charge on any atom is 0.145 e. The first-order valence-electron chi connectivity index (χ1n) is 5.26. The van der Waals surface area contributed by atoms with Gasteiger partial charge < -0.3 is 10.4 Å². The smallest absolute Gasteiger partial charge is 0.145 e. The lowest BCUT2D eigenvalue weighted by Gasteiger charge is -2.00. The molecule has 0 aliphatic carbocycles. The molecular weight excluding hydrogens is 266 g/mol. The van der Waals surface area contributed by atoms with E-state index in [1.165, 1.54) is 22.7 Å². The lowest BCUT2D eigenvalue weighted by atomic mass is 10.3. The standard InChI is InChI=1S/C12H9N3OS2/c1-7-6-17-11(13-7)10(15-16)12-14-8-4-2-3-5-9(8)18-12/h2-6,16H,1H3/p-1. The Morgan fingerprint density at radius 3 is 2.72 bits per heavy atom. The second kappa shape index (κ2) is 4.47. The number of aryl methyl sites for hydroxylation is 1. The molecule has 0 unspecified atom stereocenters. The topological polar surface area (TPSA) is 61.2 Å². The number of para-hydroxylation sites is 1. The molecule has 4 nitrogen and oxygen atoms in total. The Morgan fingerprint density at radius 2 is 2.06 bits per heavy atom. The van der Waals surface area contributed by atoms with E-state index < -0.39 is 0 Å². The summed E-state index contributed by atoms with van der Waals surface area (Å²) in [5.41, 5.74) is 2.10. The zero-order chi connectivity index (χ0) is 12.5. The highest BCUT2D eigenvalue weighted by Gasteiger charge is 2.14. The van der Waals surface area contributed by atoms with Gasteiger partial charge in [-0.05, 0) is 19.1 Å². The molecule has 0 atom stereocenters. The SMILES string of the molecule is Cc1csc(C(=N[O-])c2nc3ccccc3s2)n1. The van der Waals surface area contributed by atoms with Crippen LogP contribution in [0.4, 0.5) is 0 Å². The largest absolute Gasteiger partial charge is 0.791 e. The molecule has 0 spiro atoms. The lowest BCUT2D eigenvalue weighted by molar-refractivity contribution is 1.24. The van der Waals surface area contributed by atoms with Gasteiger partial charge in [-0.15, -0.1) is 22.7 Å². The van der Waals surface area contributed by atoms with Crippen molar-refractivity contribution in [3.8, 4) is 0 Å². The van der Waals surface area contributed by atoms with Crippen LogP contribution in [0.25, 0.3) is 10.2 Å². The number of rotatable bonds is 2. The summed E-state index contributed by atoms with van der Waals surface area (Å²) in [5.74, 6) is 0. The van der Waals surface area contributed by atoms with Crippen molar-refractivity contribution in [3.63, 3.8) is 0 Å². The van der Waals surface area contributed by atoms with Gasteiger partial charge >= 0.3 is 0 Å². The third-order valence-electron chi connectivity index (χ3n) is 2.41. The molecule has 2 aromatic heterocycles. The van der Waals surface area contributed by atoms with Gasteiger partial charge in [0.25, 0.3) is 0 Å². The zero-order valence-corrected chi connectivity index (χ0v) is 11.1. The zero-order valence-electron chi connectivity index (χ0n) is 9.45. The van der Waals surface area contributed by atoms with Crippen molar-refractivity contribution in [1.29, 1.82) is 0 Å². The minimum atomic E-state index is 0.328. The molecule has 0 fully saturated rings. The molecule has 90 valence electrons. The monoisotopic (exact) mass is 274 g/mol. The predicted molar refractivity (Wildman–Crippen MR) is 75.5 cm³/mol. The number of benzene rings is 1. The number of hydrogen-bond donors (Lipinski definition) is 0. The van der Waals surface area contributed by atoms with Crippen molar-refractivity contribution in [3.05, 3.63) is 50.6 Å². The minimum absolute atomic E-state index is 0.328. The third kappa shape index (κ3) is 1.89. The molecule has 6 heteroatoms. The van der Waals surface area contributed by atoms with E-state index in [0.29, 0.717) is 15.7 Å². The summed E-state index contributed by atoms with van der Waals surface area (Å²) < 4.78 is 1.04. The Morgan fingerprint density at radius 1 is 1.22 bits per heavy atom. The summed E-state index contributed by atoms with van der Waals surface area (Å²) >= 11 is 2.87. The highest BCUT2D eigenvalue weighted by molar-refractivity contribution is 7.21. The molecule has 0 bridgehead atoms. The van der Waals surface area contributed by atoms with Gasteiger partial charge in [0.1, 0.15) is 15.7 Å². The number of hydrogen-bond acceptors (Lipinski definition) is 6. The first-order chi connectivity index (χ1) is 8.78. The molecule has 2 heterocycles. The molecule has 0 aliphatic heterocycles. The molecule has 0 amide bonds. The van der Waals surface area contributed by atoms with E-state index in [2.05, 4.69) is 15.1 Å². The van der Waals surface area contributed by atoms with Gasteiger partial charge in [-0.25, -0.2) is 9.97 Å². The van der Waals surface area contributed by atoms with Crippen molar-refractivity contribution in [2.45, 2.75) is 6.92 Å². The highest BCUT2D eigenvalue weighted by atomic mass is 32.1. The van der Waals surface area contributed by atoms with Gasteiger partial charge in [0.2, 0.25) is 0 Å². The van der Waals surface area contributed by atoms with Gasteiger partial charge in [-0.2, -0.15) is 0 Å². The Hall–Kier alpha value is -1.79. The summed E-state index contributed by atoms with van der Waals surface area (Å²) in [7, 11) is 0. The fourth-order valence-electron chi connectivity index (χ4n) is 1.61. The number of fused-ring (bicyclic) bond motifs is 1. The summed E-state index contributed by atoms with van der Waals surface area (Å²) in [4.78, 5) is 8.71. The average molecular weight is 274 g/mol. The first-order valence-corrected chi connectivity index (χ1v) is 6.96. The van der Waals surface area contributed by atoms with E-state index in [-0.39, 0.29) is 0 Å².